The highest BCUT2D eigenvalue weighted by Gasteiger charge is 2.30. The first kappa shape index (κ1) is 21.1. The predicted molar refractivity (Wildman–Crippen MR) is 119 cm³/mol. The predicted octanol–water partition coefficient (Wildman–Crippen LogP) is 1.68. The highest BCUT2D eigenvalue weighted by atomic mass is 16.5. The Hall–Kier alpha value is -2.75. The summed E-state index contributed by atoms with van der Waals surface area (Å²) in [5, 5.41) is 23.8. The number of aliphatic hydroxyl groups is 1. The standard InChI is InChI=1S/C23H30N6O3/c1-16-11-18(13-25-22(16)31-2)29-20-4-10-32-9-3-19(20)21(27-29)17-12-26-28(14-17)15-23(30)5-7-24-8-6-23/h11-14,24,30H,3-10,15H2,1-2H3. The zero-order valence-corrected chi connectivity index (χ0v) is 18.7. The Labute approximate surface area is 187 Å². The number of aromatic nitrogens is 5. The molecule has 2 aliphatic heterocycles. The fourth-order valence-electron chi connectivity index (χ4n) is 4.70. The number of nitrogens with zero attached hydrogens (tertiary/aromatic N) is 5. The number of hydrogen-bond donors (Lipinski definition) is 2. The van der Waals surface area contributed by atoms with E-state index in [1.54, 1.807) is 13.3 Å². The lowest BCUT2D eigenvalue weighted by molar-refractivity contribution is -0.00821. The molecule has 1 saturated heterocycles. The number of piperidine rings is 1. The van der Waals surface area contributed by atoms with Crippen LogP contribution in [0.2, 0.25) is 0 Å². The van der Waals surface area contributed by atoms with Crippen LogP contribution in [0.15, 0.2) is 24.7 Å². The van der Waals surface area contributed by atoms with Gasteiger partial charge in [0.2, 0.25) is 5.88 Å². The minimum Gasteiger partial charge on any atom is -0.481 e. The molecule has 3 aromatic rings. The molecule has 0 unspecified atom stereocenters. The Kier molecular flexibility index (Phi) is 5.71. The van der Waals surface area contributed by atoms with Crippen molar-refractivity contribution in [3.63, 3.8) is 0 Å². The fraction of sp³-hybridized carbons (Fsp3) is 0.522. The van der Waals surface area contributed by atoms with Gasteiger partial charge < -0.3 is 19.9 Å². The third-order valence-electron chi connectivity index (χ3n) is 6.42. The molecule has 3 aromatic heterocycles. The van der Waals surface area contributed by atoms with Crippen molar-refractivity contribution in [1.82, 2.24) is 29.9 Å². The van der Waals surface area contributed by atoms with Crippen molar-refractivity contribution in [2.24, 2.45) is 0 Å². The molecule has 0 radical (unpaired) electrons. The molecule has 0 saturated carbocycles. The number of ether oxygens (including phenoxy) is 2. The van der Waals surface area contributed by atoms with Crippen LogP contribution in [0.3, 0.4) is 0 Å². The number of pyridine rings is 1. The average molecular weight is 439 g/mol. The van der Waals surface area contributed by atoms with Gasteiger partial charge in [-0.05, 0) is 45.3 Å². The van der Waals surface area contributed by atoms with Crippen LogP contribution in [0.4, 0.5) is 0 Å². The molecule has 0 amide bonds. The van der Waals surface area contributed by atoms with E-state index in [1.807, 2.05) is 34.7 Å². The van der Waals surface area contributed by atoms with Crippen LogP contribution >= 0.6 is 0 Å². The smallest absolute Gasteiger partial charge is 0.216 e. The average Bonchev–Trinajstić information content (AvgIpc) is 3.30. The summed E-state index contributed by atoms with van der Waals surface area (Å²) in [7, 11) is 1.63. The lowest BCUT2D eigenvalue weighted by atomic mass is 9.92. The zero-order chi connectivity index (χ0) is 22.1. The molecule has 32 heavy (non-hydrogen) atoms. The summed E-state index contributed by atoms with van der Waals surface area (Å²) in [5.41, 5.74) is 5.36. The van der Waals surface area contributed by atoms with Crippen LogP contribution in [-0.4, -0.2) is 68.7 Å². The molecule has 5 rings (SSSR count). The lowest BCUT2D eigenvalue weighted by Gasteiger charge is -2.32. The largest absolute Gasteiger partial charge is 0.481 e. The van der Waals surface area contributed by atoms with Gasteiger partial charge in [0.25, 0.3) is 0 Å². The van der Waals surface area contributed by atoms with Crippen molar-refractivity contribution in [2.75, 3.05) is 33.4 Å². The van der Waals surface area contributed by atoms with Gasteiger partial charge in [-0.25, -0.2) is 9.67 Å². The Bertz CT molecular complexity index is 1100. The zero-order valence-electron chi connectivity index (χ0n) is 18.7. The van der Waals surface area contributed by atoms with Gasteiger partial charge in [-0.3, -0.25) is 4.68 Å². The summed E-state index contributed by atoms with van der Waals surface area (Å²) >= 11 is 0. The highest BCUT2D eigenvalue weighted by Crippen LogP contribution is 2.31. The Balaban J connectivity index is 1.51. The van der Waals surface area contributed by atoms with E-state index in [2.05, 4.69) is 15.4 Å². The maximum atomic E-state index is 10.9. The van der Waals surface area contributed by atoms with E-state index in [0.29, 0.717) is 25.6 Å². The lowest BCUT2D eigenvalue weighted by Crippen LogP contribution is -2.44. The van der Waals surface area contributed by atoms with E-state index < -0.39 is 5.60 Å². The van der Waals surface area contributed by atoms with Crippen molar-refractivity contribution in [3.05, 3.63) is 41.5 Å². The second-order valence-electron chi connectivity index (χ2n) is 8.72. The molecular formula is C23H30N6O3. The van der Waals surface area contributed by atoms with E-state index in [0.717, 1.165) is 67.0 Å². The molecule has 9 nitrogen and oxygen atoms in total. The van der Waals surface area contributed by atoms with Gasteiger partial charge in [0.1, 0.15) is 0 Å². The summed E-state index contributed by atoms with van der Waals surface area (Å²) < 4.78 is 14.9. The van der Waals surface area contributed by atoms with E-state index in [4.69, 9.17) is 14.6 Å². The Morgan fingerprint density at radius 2 is 2.03 bits per heavy atom. The highest BCUT2D eigenvalue weighted by molar-refractivity contribution is 5.64. The second kappa shape index (κ2) is 8.65. The van der Waals surface area contributed by atoms with Gasteiger partial charge in [0, 0.05) is 29.3 Å². The van der Waals surface area contributed by atoms with Crippen molar-refractivity contribution >= 4 is 0 Å². The van der Waals surface area contributed by atoms with Gasteiger partial charge in [-0.15, -0.1) is 0 Å². The van der Waals surface area contributed by atoms with Crippen LogP contribution in [0.5, 0.6) is 5.88 Å². The normalized spacial score (nSPS) is 18.2. The monoisotopic (exact) mass is 438 g/mol. The summed E-state index contributed by atoms with van der Waals surface area (Å²) in [5.74, 6) is 0.618. The summed E-state index contributed by atoms with van der Waals surface area (Å²) in [6, 6.07) is 2.05. The molecule has 0 bridgehead atoms. The van der Waals surface area contributed by atoms with E-state index >= 15 is 0 Å². The van der Waals surface area contributed by atoms with Gasteiger partial charge in [-0.2, -0.15) is 10.2 Å². The quantitative estimate of drug-likeness (QED) is 0.625. The number of aryl methyl sites for hydroxylation is 1. The molecule has 1 fully saturated rings. The first-order chi connectivity index (χ1) is 15.6. The van der Waals surface area contributed by atoms with Crippen LogP contribution in [-0.2, 0) is 24.1 Å². The first-order valence-corrected chi connectivity index (χ1v) is 11.2. The molecule has 9 heteroatoms. The van der Waals surface area contributed by atoms with Crippen LogP contribution < -0.4 is 10.1 Å². The second-order valence-corrected chi connectivity index (χ2v) is 8.72. The van der Waals surface area contributed by atoms with Crippen LogP contribution in [0, 0.1) is 6.92 Å². The van der Waals surface area contributed by atoms with Crippen LogP contribution in [0.25, 0.3) is 16.9 Å². The minimum absolute atomic E-state index is 0.488. The third kappa shape index (κ3) is 4.03. The van der Waals surface area contributed by atoms with Gasteiger partial charge in [-0.1, -0.05) is 0 Å². The van der Waals surface area contributed by atoms with Crippen molar-refractivity contribution in [3.8, 4) is 22.8 Å². The van der Waals surface area contributed by atoms with E-state index in [9.17, 15) is 5.11 Å². The van der Waals surface area contributed by atoms with Crippen molar-refractivity contribution in [2.45, 2.75) is 44.8 Å². The molecule has 0 aromatic carbocycles. The van der Waals surface area contributed by atoms with Crippen LogP contribution in [0.1, 0.15) is 29.7 Å². The SMILES string of the molecule is COc1ncc(-n2nc(-c3cnn(CC4(O)CCNCC4)c3)c3c2CCOCC3)cc1C. The topological polar surface area (TPSA) is 99.2 Å². The molecule has 0 spiro atoms. The van der Waals surface area contributed by atoms with Crippen molar-refractivity contribution in [1.29, 1.82) is 0 Å². The van der Waals surface area contributed by atoms with E-state index in [1.165, 1.54) is 5.56 Å². The fourth-order valence-corrected chi connectivity index (χ4v) is 4.70. The molecule has 5 heterocycles. The maximum absolute atomic E-state index is 10.9. The Morgan fingerprint density at radius 3 is 2.81 bits per heavy atom. The number of methoxy groups -OCH3 is 1. The molecule has 0 atom stereocenters. The minimum atomic E-state index is -0.717. The van der Waals surface area contributed by atoms with Gasteiger partial charge in [0.05, 0.1) is 61.9 Å². The van der Waals surface area contributed by atoms with Gasteiger partial charge >= 0.3 is 0 Å². The maximum Gasteiger partial charge on any atom is 0.216 e. The van der Waals surface area contributed by atoms with Crippen molar-refractivity contribution < 1.29 is 14.6 Å². The number of hydrogen-bond acceptors (Lipinski definition) is 7. The summed E-state index contributed by atoms with van der Waals surface area (Å²) in [6.07, 6.45) is 8.69. The summed E-state index contributed by atoms with van der Waals surface area (Å²) in [4.78, 5) is 4.44. The molecule has 2 N–H and O–H groups in total. The molecular weight excluding hydrogens is 408 g/mol. The summed E-state index contributed by atoms with van der Waals surface area (Å²) in [6.45, 7) is 5.47. The Morgan fingerprint density at radius 1 is 1.22 bits per heavy atom. The molecule has 2 aliphatic rings. The number of rotatable bonds is 5. The molecule has 170 valence electrons. The molecule has 0 aliphatic carbocycles. The van der Waals surface area contributed by atoms with E-state index in [-0.39, 0.29) is 0 Å². The number of fused-ring (bicyclic) bond motifs is 1. The van der Waals surface area contributed by atoms with Gasteiger partial charge in [0.15, 0.2) is 0 Å². The third-order valence-corrected chi connectivity index (χ3v) is 6.42. The first-order valence-electron chi connectivity index (χ1n) is 11.2. The number of nitrogens with one attached hydrogen (secondary N) is 1.